The van der Waals surface area contributed by atoms with E-state index in [0.29, 0.717) is 6.54 Å². The number of aliphatic hydroxyl groups excluding tert-OH is 1. The standard InChI is InChI=1S/C13H26N4O2/c1-10-12(13(19-3)17(2)16-10)11(9-14)15-7-5-4-6-8-18/h11,15,18H,4-9,14H2,1-3H3. The van der Waals surface area contributed by atoms with Crippen molar-refractivity contribution < 1.29 is 9.84 Å². The van der Waals surface area contributed by atoms with E-state index in [9.17, 15) is 0 Å². The molecule has 1 unspecified atom stereocenters. The zero-order chi connectivity index (χ0) is 14.3. The minimum Gasteiger partial charge on any atom is -0.481 e. The van der Waals surface area contributed by atoms with Crippen LogP contribution >= 0.6 is 0 Å². The molecule has 19 heavy (non-hydrogen) atoms. The number of nitrogens with zero attached hydrogens (tertiary/aromatic N) is 2. The SMILES string of the molecule is COc1c(C(CN)NCCCCCO)c(C)nn1C. The van der Waals surface area contributed by atoms with Gasteiger partial charge < -0.3 is 20.9 Å². The molecule has 0 aromatic carbocycles. The van der Waals surface area contributed by atoms with Gasteiger partial charge in [-0.15, -0.1) is 0 Å². The lowest BCUT2D eigenvalue weighted by molar-refractivity contribution is 0.282. The predicted octanol–water partition coefficient (Wildman–Crippen LogP) is 0.489. The maximum Gasteiger partial charge on any atom is 0.216 e. The van der Waals surface area contributed by atoms with Gasteiger partial charge in [-0.25, -0.2) is 4.68 Å². The highest BCUT2D eigenvalue weighted by atomic mass is 16.5. The Morgan fingerprint density at radius 3 is 2.74 bits per heavy atom. The normalized spacial score (nSPS) is 12.7. The number of hydrogen-bond donors (Lipinski definition) is 3. The fourth-order valence-electron chi connectivity index (χ4n) is 2.29. The van der Waals surface area contributed by atoms with Gasteiger partial charge in [-0.3, -0.25) is 0 Å². The molecule has 0 bridgehead atoms. The molecule has 110 valence electrons. The van der Waals surface area contributed by atoms with Gasteiger partial charge >= 0.3 is 0 Å². The van der Waals surface area contributed by atoms with E-state index >= 15 is 0 Å². The molecule has 0 fully saturated rings. The third kappa shape index (κ3) is 4.19. The van der Waals surface area contributed by atoms with Crippen LogP contribution in [-0.2, 0) is 7.05 Å². The Balaban J connectivity index is 2.64. The molecule has 0 amide bonds. The van der Waals surface area contributed by atoms with E-state index in [0.717, 1.165) is 42.9 Å². The Hall–Kier alpha value is -1.11. The molecule has 0 saturated heterocycles. The number of ether oxygens (including phenoxy) is 1. The molecule has 1 rings (SSSR count). The van der Waals surface area contributed by atoms with Crippen molar-refractivity contribution in [3.8, 4) is 5.88 Å². The second kappa shape index (κ2) is 8.14. The Kier molecular flexibility index (Phi) is 6.83. The maximum atomic E-state index is 8.74. The first-order valence-corrected chi connectivity index (χ1v) is 6.77. The summed E-state index contributed by atoms with van der Waals surface area (Å²) in [7, 11) is 3.51. The fraction of sp³-hybridized carbons (Fsp3) is 0.769. The lowest BCUT2D eigenvalue weighted by atomic mass is 10.1. The largest absolute Gasteiger partial charge is 0.481 e. The molecule has 1 atom stereocenters. The molecule has 6 heteroatoms. The molecule has 4 N–H and O–H groups in total. The number of nitrogens with two attached hydrogens (primary N) is 1. The molecule has 0 aliphatic carbocycles. The Morgan fingerprint density at radius 2 is 2.16 bits per heavy atom. The zero-order valence-corrected chi connectivity index (χ0v) is 12.1. The van der Waals surface area contributed by atoms with Crippen molar-refractivity contribution in [2.45, 2.75) is 32.2 Å². The average Bonchev–Trinajstić information content (AvgIpc) is 2.68. The monoisotopic (exact) mass is 270 g/mol. The van der Waals surface area contributed by atoms with Gasteiger partial charge in [-0.05, 0) is 32.7 Å². The van der Waals surface area contributed by atoms with Gasteiger partial charge in [0.15, 0.2) is 0 Å². The summed E-state index contributed by atoms with van der Waals surface area (Å²) in [5.41, 5.74) is 7.83. The van der Waals surface area contributed by atoms with Gasteiger partial charge in [-0.1, -0.05) is 0 Å². The second-order valence-electron chi connectivity index (χ2n) is 4.66. The quantitative estimate of drug-likeness (QED) is 0.569. The van der Waals surface area contributed by atoms with Crippen LogP contribution in [-0.4, -0.2) is 41.7 Å². The van der Waals surface area contributed by atoms with Crippen LogP contribution in [0.25, 0.3) is 0 Å². The van der Waals surface area contributed by atoms with Crippen molar-refractivity contribution in [2.24, 2.45) is 12.8 Å². The molecule has 1 aromatic heterocycles. The Labute approximate surface area is 114 Å². The molecule has 0 radical (unpaired) electrons. The summed E-state index contributed by atoms with van der Waals surface area (Å²) in [6.07, 6.45) is 2.90. The number of rotatable bonds is 9. The Bertz CT molecular complexity index is 379. The summed E-state index contributed by atoms with van der Waals surface area (Å²) in [5.74, 6) is 0.760. The average molecular weight is 270 g/mol. The number of aromatic nitrogens is 2. The summed E-state index contributed by atoms with van der Waals surface area (Å²) in [6, 6.07) is 0.0535. The third-order valence-electron chi connectivity index (χ3n) is 3.22. The highest BCUT2D eigenvalue weighted by Crippen LogP contribution is 2.27. The third-order valence-corrected chi connectivity index (χ3v) is 3.22. The lowest BCUT2D eigenvalue weighted by Crippen LogP contribution is -2.29. The van der Waals surface area contributed by atoms with Crippen molar-refractivity contribution in [1.29, 1.82) is 0 Å². The smallest absolute Gasteiger partial charge is 0.216 e. The molecule has 0 aliphatic heterocycles. The van der Waals surface area contributed by atoms with Crippen molar-refractivity contribution in [2.75, 3.05) is 26.8 Å². The van der Waals surface area contributed by atoms with Crippen molar-refractivity contribution in [3.63, 3.8) is 0 Å². The first-order chi connectivity index (χ1) is 9.15. The first-order valence-electron chi connectivity index (χ1n) is 6.77. The number of aliphatic hydroxyl groups is 1. The van der Waals surface area contributed by atoms with Crippen LogP contribution in [0.15, 0.2) is 0 Å². The summed E-state index contributed by atoms with van der Waals surface area (Å²) in [6.45, 7) is 3.60. The van der Waals surface area contributed by atoms with Crippen LogP contribution in [0.5, 0.6) is 5.88 Å². The summed E-state index contributed by atoms with van der Waals surface area (Å²) >= 11 is 0. The summed E-state index contributed by atoms with van der Waals surface area (Å²) in [5, 5.41) is 16.5. The zero-order valence-electron chi connectivity index (χ0n) is 12.1. The van der Waals surface area contributed by atoms with Gasteiger partial charge in [0.2, 0.25) is 5.88 Å². The van der Waals surface area contributed by atoms with E-state index in [1.165, 1.54) is 0 Å². The highest BCUT2D eigenvalue weighted by Gasteiger charge is 2.21. The van der Waals surface area contributed by atoms with E-state index in [-0.39, 0.29) is 12.6 Å². The Morgan fingerprint density at radius 1 is 1.42 bits per heavy atom. The molecular formula is C13H26N4O2. The molecule has 0 spiro atoms. The van der Waals surface area contributed by atoms with Gasteiger partial charge in [0.1, 0.15) is 0 Å². The molecule has 6 nitrogen and oxygen atoms in total. The minimum absolute atomic E-state index is 0.0535. The summed E-state index contributed by atoms with van der Waals surface area (Å²) < 4.78 is 7.13. The fourth-order valence-corrected chi connectivity index (χ4v) is 2.29. The van der Waals surface area contributed by atoms with Crippen molar-refractivity contribution in [1.82, 2.24) is 15.1 Å². The number of methoxy groups -OCH3 is 1. The summed E-state index contributed by atoms with van der Waals surface area (Å²) in [4.78, 5) is 0. The van der Waals surface area contributed by atoms with Crippen LogP contribution < -0.4 is 15.8 Å². The molecule has 0 saturated carbocycles. The molecule has 1 aromatic rings. The van der Waals surface area contributed by atoms with E-state index in [1.54, 1.807) is 11.8 Å². The van der Waals surface area contributed by atoms with E-state index in [4.69, 9.17) is 15.6 Å². The molecule has 1 heterocycles. The van der Waals surface area contributed by atoms with Crippen LogP contribution in [0.3, 0.4) is 0 Å². The number of unbranched alkanes of at least 4 members (excludes halogenated alkanes) is 2. The molecular weight excluding hydrogens is 244 g/mol. The maximum absolute atomic E-state index is 8.74. The van der Waals surface area contributed by atoms with Crippen molar-refractivity contribution in [3.05, 3.63) is 11.3 Å². The topological polar surface area (TPSA) is 85.3 Å². The van der Waals surface area contributed by atoms with Crippen LogP contribution in [0.4, 0.5) is 0 Å². The van der Waals surface area contributed by atoms with Gasteiger partial charge in [0.25, 0.3) is 0 Å². The van der Waals surface area contributed by atoms with Crippen LogP contribution in [0.1, 0.15) is 36.6 Å². The number of aryl methyl sites for hydroxylation is 2. The highest BCUT2D eigenvalue weighted by molar-refractivity contribution is 5.34. The van der Waals surface area contributed by atoms with Crippen LogP contribution in [0, 0.1) is 6.92 Å². The number of nitrogens with one attached hydrogen (secondary N) is 1. The van der Waals surface area contributed by atoms with E-state index in [2.05, 4.69) is 10.4 Å². The number of hydrogen-bond acceptors (Lipinski definition) is 5. The second-order valence-corrected chi connectivity index (χ2v) is 4.66. The minimum atomic E-state index is 0.0535. The van der Waals surface area contributed by atoms with Crippen LogP contribution in [0.2, 0.25) is 0 Å². The van der Waals surface area contributed by atoms with Crippen molar-refractivity contribution >= 4 is 0 Å². The lowest BCUT2D eigenvalue weighted by Gasteiger charge is -2.18. The van der Waals surface area contributed by atoms with E-state index < -0.39 is 0 Å². The van der Waals surface area contributed by atoms with Gasteiger partial charge in [0.05, 0.1) is 24.4 Å². The molecule has 0 aliphatic rings. The van der Waals surface area contributed by atoms with Gasteiger partial charge in [-0.2, -0.15) is 5.10 Å². The van der Waals surface area contributed by atoms with Gasteiger partial charge in [0, 0.05) is 20.2 Å². The predicted molar refractivity (Wildman–Crippen MR) is 75.2 cm³/mol. The van der Waals surface area contributed by atoms with E-state index in [1.807, 2.05) is 14.0 Å². The first kappa shape index (κ1) is 15.9.